The third-order valence-electron chi connectivity index (χ3n) is 3.75. The Morgan fingerprint density at radius 3 is 2.48 bits per heavy atom. The van der Waals surface area contributed by atoms with Crippen molar-refractivity contribution in [3.63, 3.8) is 0 Å². The lowest BCUT2D eigenvalue weighted by atomic mass is 10.0. The van der Waals surface area contributed by atoms with Crippen LogP contribution in [0.5, 0.6) is 0 Å². The number of rotatable bonds is 4. The maximum Gasteiger partial charge on any atom is 0.169 e. The van der Waals surface area contributed by atoms with E-state index < -0.39 is 0 Å². The van der Waals surface area contributed by atoms with Crippen molar-refractivity contribution in [1.29, 1.82) is 0 Å². The summed E-state index contributed by atoms with van der Waals surface area (Å²) in [4.78, 5) is 15.3. The molecule has 0 bridgehead atoms. The highest BCUT2D eigenvalue weighted by atomic mass is 35.5. The van der Waals surface area contributed by atoms with E-state index in [1.807, 2.05) is 55.5 Å². The minimum atomic E-state index is 0.217. The Labute approximate surface area is 144 Å². The van der Waals surface area contributed by atoms with E-state index in [1.54, 1.807) is 4.57 Å². The Hall–Kier alpha value is -2.10. The van der Waals surface area contributed by atoms with Crippen LogP contribution in [-0.4, -0.2) is 15.8 Å². The van der Waals surface area contributed by atoms with Gasteiger partial charge in [0.25, 0.3) is 0 Å². The first kappa shape index (κ1) is 15.8. The van der Waals surface area contributed by atoms with Gasteiger partial charge in [-0.1, -0.05) is 65.7 Å². The fourth-order valence-corrected chi connectivity index (χ4v) is 3.02. The zero-order valence-corrected chi connectivity index (χ0v) is 14.0. The quantitative estimate of drug-likeness (QED) is 0.622. The van der Waals surface area contributed by atoms with E-state index in [-0.39, 0.29) is 5.15 Å². The van der Waals surface area contributed by atoms with Crippen molar-refractivity contribution in [2.75, 3.05) is 0 Å². The molecule has 0 atom stereocenters. The highest BCUT2D eigenvalue weighted by Crippen LogP contribution is 2.27. The molecule has 3 nitrogen and oxygen atoms in total. The average molecular weight is 345 g/mol. The maximum absolute atomic E-state index is 11.2. The standard InChI is InChI=1S/C18H14Cl2N2O/c1-12-21-18(20)17(11-23)22(12)10-15-8-7-14(9-16(15)19)13-5-3-2-4-6-13/h2-9,11H,10H2,1H3. The third kappa shape index (κ3) is 3.16. The van der Waals surface area contributed by atoms with Gasteiger partial charge in [0.1, 0.15) is 11.5 Å². The van der Waals surface area contributed by atoms with Crippen molar-refractivity contribution in [3.05, 3.63) is 75.8 Å². The predicted octanol–water partition coefficient (Wildman–Crippen LogP) is 5.03. The van der Waals surface area contributed by atoms with Crippen LogP contribution in [0.2, 0.25) is 10.2 Å². The molecule has 116 valence electrons. The zero-order valence-electron chi connectivity index (χ0n) is 12.5. The highest BCUT2D eigenvalue weighted by molar-refractivity contribution is 6.32. The summed E-state index contributed by atoms with van der Waals surface area (Å²) >= 11 is 12.4. The molecule has 0 spiro atoms. The SMILES string of the molecule is Cc1nc(Cl)c(C=O)n1Cc1ccc(-c2ccccc2)cc1Cl. The summed E-state index contributed by atoms with van der Waals surface area (Å²) in [5, 5.41) is 0.863. The molecule has 0 amide bonds. The molecule has 5 heteroatoms. The van der Waals surface area contributed by atoms with E-state index in [0.29, 0.717) is 29.4 Å². The number of hydrogen-bond acceptors (Lipinski definition) is 2. The summed E-state index contributed by atoms with van der Waals surface area (Å²) in [7, 11) is 0. The molecule has 3 aromatic rings. The molecule has 2 aromatic carbocycles. The predicted molar refractivity (Wildman–Crippen MR) is 93.4 cm³/mol. The van der Waals surface area contributed by atoms with Crippen LogP contribution in [0.1, 0.15) is 21.9 Å². The molecule has 0 saturated carbocycles. The van der Waals surface area contributed by atoms with Crippen LogP contribution in [0, 0.1) is 6.92 Å². The Morgan fingerprint density at radius 1 is 1.09 bits per heavy atom. The van der Waals surface area contributed by atoms with Crippen LogP contribution in [0.25, 0.3) is 11.1 Å². The Morgan fingerprint density at radius 2 is 1.83 bits per heavy atom. The van der Waals surface area contributed by atoms with E-state index >= 15 is 0 Å². The van der Waals surface area contributed by atoms with Crippen molar-refractivity contribution in [3.8, 4) is 11.1 Å². The highest BCUT2D eigenvalue weighted by Gasteiger charge is 2.14. The van der Waals surface area contributed by atoms with E-state index in [1.165, 1.54) is 0 Å². The van der Waals surface area contributed by atoms with Gasteiger partial charge < -0.3 is 4.57 Å². The summed E-state index contributed by atoms with van der Waals surface area (Å²) < 4.78 is 1.76. The Balaban J connectivity index is 1.95. The number of aldehydes is 1. The lowest BCUT2D eigenvalue weighted by Crippen LogP contribution is -2.06. The van der Waals surface area contributed by atoms with Crippen LogP contribution in [-0.2, 0) is 6.54 Å². The molecule has 0 N–H and O–H groups in total. The van der Waals surface area contributed by atoms with Gasteiger partial charge in [0.15, 0.2) is 11.4 Å². The summed E-state index contributed by atoms with van der Waals surface area (Å²) in [5.41, 5.74) is 3.44. The summed E-state index contributed by atoms with van der Waals surface area (Å²) in [5.74, 6) is 0.681. The van der Waals surface area contributed by atoms with E-state index in [2.05, 4.69) is 4.98 Å². The second-order valence-electron chi connectivity index (χ2n) is 5.21. The molecule has 0 aliphatic rings. The van der Waals surface area contributed by atoms with Crippen LogP contribution in [0.15, 0.2) is 48.5 Å². The number of carbonyl (C=O) groups excluding carboxylic acids is 1. The van der Waals surface area contributed by atoms with Crippen LogP contribution >= 0.6 is 23.2 Å². The first-order valence-electron chi connectivity index (χ1n) is 7.12. The van der Waals surface area contributed by atoms with Crippen molar-refractivity contribution in [2.45, 2.75) is 13.5 Å². The van der Waals surface area contributed by atoms with Gasteiger partial charge in [0.2, 0.25) is 0 Å². The number of aromatic nitrogens is 2. The molecule has 0 unspecified atom stereocenters. The molecule has 0 radical (unpaired) electrons. The number of halogens is 2. The minimum Gasteiger partial charge on any atom is -0.320 e. The van der Waals surface area contributed by atoms with Crippen LogP contribution < -0.4 is 0 Å². The maximum atomic E-state index is 11.2. The fraction of sp³-hybridized carbons (Fsp3) is 0.111. The van der Waals surface area contributed by atoms with Crippen molar-refractivity contribution in [1.82, 2.24) is 9.55 Å². The number of hydrogen-bond donors (Lipinski definition) is 0. The number of aryl methyl sites for hydroxylation is 1. The van der Waals surface area contributed by atoms with E-state index in [4.69, 9.17) is 23.2 Å². The zero-order chi connectivity index (χ0) is 16.4. The molecular weight excluding hydrogens is 331 g/mol. The van der Waals surface area contributed by atoms with Crippen molar-refractivity contribution < 1.29 is 4.79 Å². The molecular formula is C18H14Cl2N2O. The molecule has 23 heavy (non-hydrogen) atoms. The largest absolute Gasteiger partial charge is 0.320 e. The number of carbonyl (C=O) groups is 1. The fourth-order valence-electron chi connectivity index (χ4n) is 2.51. The normalized spacial score (nSPS) is 10.7. The molecule has 0 aliphatic carbocycles. The van der Waals surface area contributed by atoms with E-state index in [9.17, 15) is 4.79 Å². The van der Waals surface area contributed by atoms with Crippen LogP contribution in [0.3, 0.4) is 0 Å². The average Bonchev–Trinajstić information content (AvgIpc) is 2.83. The lowest BCUT2D eigenvalue weighted by Gasteiger charge is -2.11. The Kier molecular flexibility index (Phi) is 4.51. The second-order valence-corrected chi connectivity index (χ2v) is 5.98. The second kappa shape index (κ2) is 6.57. The molecule has 1 heterocycles. The molecule has 0 fully saturated rings. The smallest absolute Gasteiger partial charge is 0.169 e. The summed E-state index contributed by atoms with van der Waals surface area (Å²) in [6.07, 6.45) is 0.717. The van der Waals surface area contributed by atoms with Gasteiger partial charge in [0.05, 0.1) is 6.54 Å². The molecule has 1 aromatic heterocycles. The van der Waals surface area contributed by atoms with Gasteiger partial charge in [-0.25, -0.2) is 4.98 Å². The number of benzene rings is 2. The monoisotopic (exact) mass is 344 g/mol. The van der Waals surface area contributed by atoms with Gasteiger partial charge in [-0.3, -0.25) is 4.79 Å². The first-order chi connectivity index (χ1) is 11.1. The third-order valence-corrected chi connectivity index (χ3v) is 4.38. The molecule has 0 aliphatic heterocycles. The van der Waals surface area contributed by atoms with Gasteiger partial charge in [-0.15, -0.1) is 0 Å². The number of imidazole rings is 1. The minimum absolute atomic E-state index is 0.217. The summed E-state index contributed by atoms with van der Waals surface area (Å²) in [6, 6.07) is 15.9. The van der Waals surface area contributed by atoms with Crippen molar-refractivity contribution >= 4 is 29.5 Å². The topological polar surface area (TPSA) is 34.9 Å². The Bertz CT molecular complexity index is 857. The molecule has 3 rings (SSSR count). The lowest BCUT2D eigenvalue weighted by molar-refractivity contribution is 0.111. The summed E-state index contributed by atoms with van der Waals surface area (Å²) in [6.45, 7) is 2.26. The van der Waals surface area contributed by atoms with Gasteiger partial charge >= 0.3 is 0 Å². The first-order valence-corrected chi connectivity index (χ1v) is 7.87. The van der Waals surface area contributed by atoms with Gasteiger partial charge in [-0.2, -0.15) is 0 Å². The number of nitrogens with zero attached hydrogens (tertiary/aromatic N) is 2. The van der Waals surface area contributed by atoms with Crippen molar-refractivity contribution in [2.24, 2.45) is 0 Å². The van der Waals surface area contributed by atoms with Gasteiger partial charge in [-0.05, 0) is 29.7 Å². The molecule has 0 saturated heterocycles. The van der Waals surface area contributed by atoms with Crippen LogP contribution in [0.4, 0.5) is 0 Å². The van der Waals surface area contributed by atoms with E-state index in [0.717, 1.165) is 16.7 Å². The van der Waals surface area contributed by atoms with Gasteiger partial charge in [0, 0.05) is 5.02 Å².